The Morgan fingerprint density at radius 2 is 1.81 bits per heavy atom. The highest BCUT2D eigenvalue weighted by atomic mass is 35.5. The van der Waals surface area contributed by atoms with Crippen LogP contribution in [0.1, 0.15) is 29.3 Å². The zero-order valence-electron chi connectivity index (χ0n) is 14.5. The van der Waals surface area contributed by atoms with Gasteiger partial charge in [-0.25, -0.2) is 13.2 Å². The van der Waals surface area contributed by atoms with Crippen LogP contribution in [0.25, 0.3) is 0 Å². The fourth-order valence-corrected chi connectivity index (χ4v) is 3.97. The number of aromatic nitrogens is 1. The standard InChI is InChI=1S/C21H18ClF3N2/c22-16-12-14(7-8-17(16)23)13-27-11-3-10-26-9-2-6-19(26)21(27)15-4-1-5-18(24)20(15)25/h1-2,4-9,12,21H,3,10-11,13H2/t21-/m1/s1. The molecule has 140 valence electrons. The average molecular weight is 391 g/mol. The lowest BCUT2D eigenvalue weighted by Gasteiger charge is -2.31. The number of halogens is 4. The Morgan fingerprint density at radius 1 is 0.963 bits per heavy atom. The average Bonchev–Trinajstić information content (AvgIpc) is 3.03. The summed E-state index contributed by atoms with van der Waals surface area (Å²) in [6, 6.07) is 12.3. The summed E-state index contributed by atoms with van der Waals surface area (Å²) in [5.41, 5.74) is 2.03. The third-order valence-corrected chi connectivity index (χ3v) is 5.29. The van der Waals surface area contributed by atoms with Crippen molar-refractivity contribution >= 4 is 11.6 Å². The minimum absolute atomic E-state index is 0.0548. The zero-order chi connectivity index (χ0) is 19.0. The van der Waals surface area contributed by atoms with Gasteiger partial charge < -0.3 is 4.57 Å². The van der Waals surface area contributed by atoms with Crippen LogP contribution in [0.5, 0.6) is 0 Å². The summed E-state index contributed by atoms with van der Waals surface area (Å²) in [6.07, 6.45) is 2.82. The van der Waals surface area contributed by atoms with Crippen molar-refractivity contribution in [2.75, 3.05) is 6.54 Å². The summed E-state index contributed by atoms with van der Waals surface area (Å²) in [6.45, 7) is 1.94. The molecule has 0 saturated heterocycles. The monoisotopic (exact) mass is 390 g/mol. The quantitative estimate of drug-likeness (QED) is 0.569. The van der Waals surface area contributed by atoms with Gasteiger partial charge in [0, 0.05) is 37.1 Å². The maximum absolute atomic E-state index is 14.7. The number of hydrogen-bond acceptors (Lipinski definition) is 1. The Balaban J connectivity index is 1.78. The second-order valence-electron chi connectivity index (χ2n) is 6.74. The largest absolute Gasteiger partial charge is 0.350 e. The van der Waals surface area contributed by atoms with Crippen LogP contribution in [0.3, 0.4) is 0 Å². The topological polar surface area (TPSA) is 8.17 Å². The van der Waals surface area contributed by atoms with Crippen LogP contribution in [0.4, 0.5) is 13.2 Å². The van der Waals surface area contributed by atoms with E-state index < -0.39 is 23.5 Å². The van der Waals surface area contributed by atoms with Gasteiger partial charge in [-0.3, -0.25) is 4.90 Å². The molecule has 2 nitrogen and oxygen atoms in total. The lowest BCUT2D eigenvalue weighted by atomic mass is 10.00. The van der Waals surface area contributed by atoms with Crippen molar-refractivity contribution in [1.82, 2.24) is 9.47 Å². The number of aryl methyl sites for hydroxylation is 1. The minimum Gasteiger partial charge on any atom is -0.350 e. The third-order valence-electron chi connectivity index (χ3n) is 5.00. The summed E-state index contributed by atoms with van der Waals surface area (Å²) in [7, 11) is 0. The molecule has 0 N–H and O–H groups in total. The van der Waals surface area contributed by atoms with Crippen molar-refractivity contribution in [2.24, 2.45) is 0 Å². The Kier molecular flexibility index (Phi) is 4.98. The molecule has 2 heterocycles. The first-order valence-corrected chi connectivity index (χ1v) is 9.19. The van der Waals surface area contributed by atoms with Crippen molar-refractivity contribution in [2.45, 2.75) is 25.6 Å². The number of rotatable bonds is 3. The molecular weight excluding hydrogens is 373 g/mol. The highest BCUT2D eigenvalue weighted by molar-refractivity contribution is 6.30. The van der Waals surface area contributed by atoms with Gasteiger partial charge in [0.1, 0.15) is 5.82 Å². The van der Waals surface area contributed by atoms with E-state index in [0.717, 1.165) is 30.3 Å². The van der Waals surface area contributed by atoms with Gasteiger partial charge in [0.05, 0.1) is 11.1 Å². The van der Waals surface area contributed by atoms with Crippen LogP contribution in [0.15, 0.2) is 54.7 Å². The first-order valence-electron chi connectivity index (χ1n) is 8.81. The molecule has 1 aliphatic rings. The Bertz CT molecular complexity index is 970. The predicted molar refractivity (Wildman–Crippen MR) is 99.1 cm³/mol. The molecule has 6 heteroatoms. The van der Waals surface area contributed by atoms with E-state index in [0.29, 0.717) is 18.7 Å². The molecule has 0 spiro atoms. The highest BCUT2D eigenvalue weighted by Crippen LogP contribution is 2.35. The highest BCUT2D eigenvalue weighted by Gasteiger charge is 2.30. The second-order valence-corrected chi connectivity index (χ2v) is 7.15. The van der Waals surface area contributed by atoms with Crippen LogP contribution in [-0.4, -0.2) is 16.0 Å². The van der Waals surface area contributed by atoms with Crippen LogP contribution < -0.4 is 0 Å². The van der Waals surface area contributed by atoms with E-state index >= 15 is 0 Å². The van der Waals surface area contributed by atoms with Gasteiger partial charge in [-0.05, 0) is 42.3 Å². The Labute approximate surface area is 160 Å². The van der Waals surface area contributed by atoms with Gasteiger partial charge in [-0.15, -0.1) is 0 Å². The van der Waals surface area contributed by atoms with Crippen molar-refractivity contribution < 1.29 is 13.2 Å². The molecule has 0 amide bonds. The van der Waals surface area contributed by atoms with Crippen LogP contribution in [-0.2, 0) is 13.1 Å². The maximum atomic E-state index is 14.7. The van der Waals surface area contributed by atoms with Gasteiger partial charge in [0.25, 0.3) is 0 Å². The van der Waals surface area contributed by atoms with E-state index in [1.807, 2.05) is 18.3 Å². The number of benzene rings is 2. The second kappa shape index (κ2) is 7.41. The van der Waals surface area contributed by atoms with Gasteiger partial charge >= 0.3 is 0 Å². The molecule has 0 bridgehead atoms. The molecule has 1 aliphatic heterocycles. The van der Waals surface area contributed by atoms with E-state index in [1.165, 1.54) is 12.1 Å². The fraction of sp³-hybridized carbons (Fsp3) is 0.238. The summed E-state index contributed by atoms with van der Waals surface area (Å²) in [4.78, 5) is 2.08. The van der Waals surface area contributed by atoms with Gasteiger partial charge in [0.15, 0.2) is 11.6 Å². The summed E-state index contributed by atoms with van der Waals surface area (Å²) < 4.78 is 44.2. The SMILES string of the molecule is Fc1ccc(CN2CCCn3cccc3[C@H]2c2cccc(F)c2F)cc1Cl. The van der Waals surface area contributed by atoms with E-state index in [-0.39, 0.29) is 5.02 Å². The Hall–Kier alpha value is -2.24. The Morgan fingerprint density at radius 3 is 2.63 bits per heavy atom. The summed E-state index contributed by atoms with van der Waals surface area (Å²) in [5, 5.41) is 0.0548. The maximum Gasteiger partial charge on any atom is 0.163 e. The van der Waals surface area contributed by atoms with Gasteiger partial charge in [-0.1, -0.05) is 29.8 Å². The van der Waals surface area contributed by atoms with E-state index in [2.05, 4.69) is 9.47 Å². The molecular formula is C21H18ClF3N2. The molecule has 2 aromatic carbocycles. The van der Waals surface area contributed by atoms with Gasteiger partial charge in [0.2, 0.25) is 0 Å². The molecule has 0 aliphatic carbocycles. The van der Waals surface area contributed by atoms with Crippen molar-refractivity contribution in [1.29, 1.82) is 0 Å². The van der Waals surface area contributed by atoms with Crippen molar-refractivity contribution in [3.63, 3.8) is 0 Å². The van der Waals surface area contributed by atoms with Crippen molar-refractivity contribution in [3.8, 4) is 0 Å². The van der Waals surface area contributed by atoms with Crippen LogP contribution in [0, 0.1) is 17.5 Å². The lowest BCUT2D eigenvalue weighted by molar-refractivity contribution is 0.215. The molecule has 3 aromatic rings. The first-order chi connectivity index (χ1) is 13.0. The lowest BCUT2D eigenvalue weighted by Crippen LogP contribution is -2.30. The van der Waals surface area contributed by atoms with E-state index in [4.69, 9.17) is 11.6 Å². The number of nitrogens with zero attached hydrogens (tertiary/aromatic N) is 2. The summed E-state index contributed by atoms with van der Waals surface area (Å²) >= 11 is 5.92. The third kappa shape index (κ3) is 3.49. The summed E-state index contributed by atoms with van der Waals surface area (Å²) in [5.74, 6) is -2.17. The van der Waals surface area contributed by atoms with Crippen LogP contribution in [0.2, 0.25) is 5.02 Å². The molecule has 27 heavy (non-hydrogen) atoms. The number of hydrogen-bond donors (Lipinski definition) is 0. The molecule has 1 atom stereocenters. The first kappa shape index (κ1) is 18.1. The molecule has 0 radical (unpaired) electrons. The van der Waals surface area contributed by atoms with E-state index in [1.54, 1.807) is 18.2 Å². The minimum atomic E-state index is -0.861. The molecule has 0 fully saturated rings. The molecule has 1 aromatic heterocycles. The zero-order valence-corrected chi connectivity index (χ0v) is 15.3. The predicted octanol–water partition coefficient (Wildman–Crippen LogP) is 5.55. The molecule has 0 unspecified atom stereocenters. The fourth-order valence-electron chi connectivity index (χ4n) is 3.77. The van der Waals surface area contributed by atoms with Crippen molar-refractivity contribution in [3.05, 3.63) is 94.0 Å². The van der Waals surface area contributed by atoms with Crippen LogP contribution >= 0.6 is 11.6 Å². The molecule has 4 rings (SSSR count). The molecule has 0 saturated carbocycles. The van der Waals surface area contributed by atoms with Gasteiger partial charge in [-0.2, -0.15) is 0 Å². The smallest absolute Gasteiger partial charge is 0.163 e. The number of fused-ring (bicyclic) bond motifs is 1. The normalized spacial score (nSPS) is 17.6. The van der Waals surface area contributed by atoms with E-state index in [9.17, 15) is 13.2 Å².